The Morgan fingerprint density at radius 1 is 1.50 bits per heavy atom. The van der Waals surface area contributed by atoms with Crippen molar-refractivity contribution in [2.75, 3.05) is 0 Å². The first-order valence-corrected chi connectivity index (χ1v) is 4.61. The highest BCUT2D eigenvalue weighted by Crippen LogP contribution is 2.15. The summed E-state index contributed by atoms with van der Waals surface area (Å²) >= 11 is 5.87. The second kappa shape index (κ2) is 5.45. The zero-order valence-corrected chi connectivity index (χ0v) is 8.46. The summed E-state index contributed by atoms with van der Waals surface area (Å²) < 4.78 is 4.95. The molecule has 0 heterocycles. The van der Waals surface area contributed by atoms with E-state index in [1.54, 1.807) is 6.07 Å². The minimum Gasteiger partial charge on any atom is -0.461 e. The molecule has 0 N–H and O–H groups in total. The fourth-order valence-electron chi connectivity index (χ4n) is 0.950. The summed E-state index contributed by atoms with van der Waals surface area (Å²) in [7, 11) is 0. The lowest BCUT2D eigenvalue weighted by molar-refractivity contribution is -0.143. The standard InChI is InChI=1S/C11H11ClO2/c1-2-5-11(13)14-8-9-6-3-4-7-10(9)12/h2-4,6-7H,1,5,8H2. The van der Waals surface area contributed by atoms with Crippen molar-refractivity contribution in [1.29, 1.82) is 0 Å². The zero-order valence-electron chi connectivity index (χ0n) is 7.70. The second-order valence-corrected chi connectivity index (χ2v) is 3.15. The first-order valence-electron chi connectivity index (χ1n) is 4.24. The van der Waals surface area contributed by atoms with Gasteiger partial charge in [-0.2, -0.15) is 0 Å². The Kier molecular flexibility index (Phi) is 4.20. The van der Waals surface area contributed by atoms with E-state index in [2.05, 4.69) is 6.58 Å². The second-order valence-electron chi connectivity index (χ2n) is 2.74. The molecule has 0 bridgehead atoms. The summed E-state index contributed by atoms with van der Waals surface area (Å²) in [6.45, 7) is 3.66. The van der Waals surface area contributed by atoms with E-state index < -0.39 is 0 Å². The summed E-state index contributed by atoms with van der Waals surface area (Å²) in [6, 6.07) is 7.27. The van der Waals surface area contributed by atoms with Crippen LogP contribution in [0.4, 0.5) is 0 Å². The number of carbonyl (C=O) groups is 1. The van der Waals surface area contributed by atoms with E-state index in [9.17, 15) is 4.79 Å². The van der Waals surface area contributed by atoms with E-state index in [4.69, 9.17) is 16.3 Å². The van der Waals surface area contributed by atoms with Gasteiger partial charge in [0.05, 0.1) is 6.42 Å². The minimum absolute atomic E-state index is 0.215. The van der Waals surface area contributed by atoms with Gasteiger partial charge in [-0.1, -0.05) is 35.9 Å². The average Bonchev–Trinajstić information content (AvgIpc) is 2.17. The normalized spacial score (nSPS) is 9.50. The number of benzene rings is 1. The van der Waals surface area contributed by atoms with Crippen LogP contribution in [0.5, 0.6) is 0 Å². The Hall–Kier alpha value is -1.28. The predicted octanol–water partition coefficient (Wildman–Crippen LogP) is 2.96. The third-order valence-corrected chi connectivity index (χ3v) is 2.03. The maximum Gasteiger partial charge on any atom is 0.309 e. The van der Waals surface area contributed by atoms with Crippen molar-refractivity contribution in [3.8, 4) is 0 Å². The van der Waals surface area contributed by atoms with Crippen molar-refractivity contribution in [2.45, 2.75) is 13.0 Å². The third kappa shape index (κ3) is 3.23. The highest BCUT2D eigenvalue weighted by Gasteiger charge is 2.02. The van der Waals surface area contributed by atoms with Crippen molar-refractivity contribution in [3.63, 3.8) is 0 Å². The van der Waals surface area contributed by atoms with Gasteiger partial charge in [0.25, 0.3) is 0 Å². The quantitative estimate of drug-likeness (QED) is 0.564. The molecule has 0 radical (unpaired) electrons. The van der Waals surface area contributed by atoms with Crippen LogP contribution in [-0.2, 0) is 16.1 Å². The minimum atomic E-state index is -0.292. The van der Waals surface area contributed by atoms with Gasteiger partial charge in [-0.3, -0.25) is 4.79 Å². The van der Waals surface area contributed by atoms with Gasteiger partial charge in [-0.15, -0.1) is 6.58 Å². The Labute approximate surface area is 88.1 Å². The van der Waals surface area contributed by atoms with E-state index in [0.717, 1.165) is 5.56 Å². The molecular weight excluding hydrogens is 200 g/mol. The van der Waals surface area contributed by atoms with Gasteiger partial charge in [0.2, 0.25) is 0 Å². The topological polar surface area (TPSA) is 26.3 Å². The smallest absolute Gasteiger partial charge is 0.309 e. The van der Waals surface area contributed by atoms with Gasteiger partial charge >= 0.3 is 5.97 Å². The van der Waals surface area contributed by atoms with Crippen molar-refractivity contribution in [2.24, 2.45) is 0 Å². The third-order valence-electron chi connectivity index (χ3n) is 1.66. The van der Waals surface area contributed by atoms with Gasteiger partial charge in [-0.25, -0.2) is 0 Å². The molecule has 0 spiro atoms. The molecule has 1 aromatic rings. The zero-order chi connectivity index (χ0) is 10.4. The lowest BCUT2D eigenvalue weighted by atomic mass is 10.2. The monoisotopic (exact) mass is 210 g/mol. The Bertz CT molecular complexity index is 334. The summed E-state index contributed by atoms with van der Waals surface area (Å²) in [5.74, 6) is -0.292. The number of hydrogen-bond acceptors (Lipinski definition) is 2. The van der Waals surface area contributed by atoms with Gasteiger partial charge < -0.3 is 4.74 Å². The molecule has 74 valence electrons. The van der Waals surface area contributed by atoms with Crippen molar-refractivity contribution in [3.05, 3.63) is 47.5 Å². The van der Waals surface area contributed by atoms with Gasteiger partial charge in [0, 0.05) is 10.6 Å². The molecule has 1 rings (SSSR count). The number of ether oxygens (including phenoxy) is 1. The van der Waals surface area contributed by atoms with E-state index >= 15 is 0 Å². The van der Waals surface area contributed by atoms with E-state index in [1.807, 2.05) is 18.2 Å². The molecule has 2 nitrogen and oxygen atoms in total. The SMILES string of the molecule is C=CCC(=O)OCc1ccccc1Cl. The van der Waals surface area contributed by atoms with Gasteiger partial charge in [0.15, 0.2) is 0 Å². The van der Waals surface area contributed by atoms with Crippen LogP contribution >= 0.6 is 11.6 Å². The molecule has 0 aliphatic carbocycles. The Morgan fingerprint density at radius 2 is 2.21 bits per heavy atom. The number of carbonyl (C=O) groups excluding carboxylic acids is 1. The van der Waals surface area contributed by atoms with Crippen LogP contribution in [-0.4, -0.2) is 5.97 Å². The van der Waals surface area contributed by atoms with Crippen LogP contribution in [0.3, 0.4) is 0 Å². The molecule has 14 heavy (non-hydrogen) atoms. The number of hydrogen-bond donors (Lipinski definition) is 0. The summed E-state index contributed by atoms with van der Waals surface area (Å²) in [5.41, 5.74) is 0.812. The molecule has 0 saturated heterocycles. The molecule has 0 atom stereocenters. The molecule has 0 aliphatic rings. The van der Waals surface area contributed by atoms with E-state index in [0.29, 0.717) is 5.02 Å². The van der Waals surface area contributed by atoms with Crippen LogP contribution in [0.25, 0.3) is 0 Å². The first kappa shape index (κ1) is 10.8. The van der Waals surface area contributed by atoms with E-state index in [-0.39, 0.29) is 19.0 Å². The highest BCUT2D eigenvalue weighted by atomic mass is 35.5. The molecule has 1 aromatic carbocycles. The van der Waals surface area contributed by atoms with E-state index in [1.165, 1.54) is 6.08 Å². The highest BCUT2D eigenvalue weighted by molar-refractivity contribution is 6.31. The fraction of sp³-hybridized carbons (Fsp3) is 0.182. The molecule has 0 unspecified atom stereocenters. The lowest BCUT2D eigenvalue weighted by Gasteiger charge is -2.04. The fourth-order valence-corrected chi connectivity index (χ4v) is 1.14. The number of esters is 1. The van der Waals surface area contributed by atoms with Crippen LogP contribution in [0.1, 0.15) is 12.0 Å². The van der Waals surface area contributed by atoms with Crippen LogP contribution in [0.2, 0.25) is 5.02 Å². The van der Waals surface area contributed by atoms with Crippen LogP contribution in [0, 0.1) is 0 Å². The largest absolute Gasteiger partial charge is 0.461 e. The lowest BCUT2D eigenvalue weighted by Crippen LogP contribution is -2.02. The Balaban J connectivity index is 2.49. The molecule has 0 amide bonds. The van der Waals surface area contributed by atoms with Gasteiger partial charge in [0.1, 0.15) is 6.61 Å². The average molecular weight is 211 g/mol. The molecule has 0 aromatic heterocycles. The van der Waals surface area contributed by atoms with Crippen molar-refractivity contribution < 1.29 is 9.53 Å². The number of rotatable bonds is 4. The maximum absolute atomic E-state index is 11.0. The summed E-state index contributed by atoms with van der Waals surface area (Å²) in [4.78, 5) is 11.0. The molecule has 3 heteroatoms. The van der Waals surface area contributed by atoms with Crippen molar-refractivity contribution in [1.82, 2.24) is 0 Å². The van der Waals surface area contributed by atoms with Gasteiger partial charge in [-0.05, 0) is 6.07 Å². The molecule has 0 fully saturated rings. The molecule has 0 aliphatic heterocycles. The maximum atomic E-state index is 11.0. The predicted molar refractivity (Wildman–Crippen MR) is 56.1 cm³/mol. The van der Waals surface area contributed by atoms with Crippen LogP contribution in [0.15, 0.2) is 36.9 Å². The molecular formula is C11H11ClO2. The summed E-state index contributed by atoms with van der Waals surface area (Å²) in [5, 5.41) is 0.610. The summed E-state index contributed by atoms with van der Waals surface area (Å²) in [6.07, 6.45) is 1.74. The molecule has 0 saturated carbocycles. The first-order chi connectivity index (χ1) is 6.74. The Morgan fingerprint density at radius 3 is 2.86 bits per heavy atom. The van der Waals surface area contributed by atoms with Crippen LogP contribution < -0.4 is 0 Å². The van der Waals surface area contributed by atoms with Crippen molar-refractivity contribution >= 4 is 17.6 Å². The number of halogens is 1.